The topological polar surface area (TPSA) is 89.7 Å². The van der Waals surface area contributed by atoms with Crippen LogP contribution in [0.3, 0.4) is 0 Å². The van der Waals surface area contributed by atoms with E-state index in [1.807, 2.05) is 0 Å². The minimum Gasteiger partial charge on any atom is -0.383 e. The van der Waals surface area contributed by atoms with Crippen molar-refractivity contribution in [1.29, 1.82) is 0 Å². The maximum absolute atomic E-state index is 12.1. The fourth-order valence-corrected chi connectivity index (χ4v) is 2.23. The number of hydrogen-bond donors (Lipinski definition) is 2. The van der Waals surface area contributed by atoms with Crippen molar-refractivity contribution >= 4 is 28.2 Å². The zero-order valence-corrected chi connectivity index (χ0v) is 12.2. The van der Waals surface area contributed by atoms with Gasteiger partial charge in [0, 0.05) is 34.4 Å². The molecule has 0 saturated heterocycles. The van der Waals surface area contributed by atoms with E-state index < -0.39 is 0 Å². The molecule has 19 heavy (non-hydrogen) atoms. The van der Waals surface area contributed by atoms with Crippen molar-refractivity contribution in [3.63, 3.8) is 0 Å². The lowest BCUT2D eigenvalue weighted by Gasteiger charge is -2.15. The van der Waals surface area contributed by atoms with Crippen LogP contribution >= 0.6 is 11.3 Å². The number of anilines is 2. The van der Waals surface area contributed by atoms with Crippen LogP contribution in [0.5, 0.6) is 0 Å². The first-order valence-electron chi connectivity index (χ1n) is 5.83. The summed E-state index contributed by atoms with van der Waals surface area (Å²) in [5, 5.41) is 3.67. The molecule has 1 aromatic rings. The molecule has 8 heteroatoms. The Balaban J connectivity index is 2.64. The van der Waals surface area contributed by atoms with Crippen LogP contribution in [0.25, 0.3) is 0 Å². The summed E-state index contributed by atoms with van der Waals surface area (Å²) in [5.74, 6) is 0.103. The third kappa shape index (κ3) is 4.66. The number of nitrogens with zero attached hydrogens (tertiary/aromatic N) is 2. The summed E-state index contributed by atoms with van der Waals surface area (Å²) < 4.78 is 9.86. The highest BCUT2D eigenvalue weighted by molar-refractivity contribution is 7.18. The first-order valence-corrected chi connectivity index (χ1v) is 6.65. The number of rotatable bonds is 8. The number of carbonyl (C=O) groups excluding carboxylic acids is 1. The van der Waals surface area contributed by atoms with Crippen LogP contribution < -0.4 is 11.1 Å². The lowest BCUT2D eigenvalue weighted by molar-refractivity contribution is 0.0749. The molecular weight excluding hydrogens is 268 g/mol. The van der Waals surface area contributed by atoms with Gasteiger partial charge in [0.1, 0.15) is 10.7 Å². The molecule has 1 heterocycles. The van der Waals surface area contributed by atoms with Crippen molar-refractivity contribution in [2.24, 2.45) is 0 Å². The van der Waals surface area contributed by atoms with E-state index >= 15 is 0 Å². The number of hydrogen-bond acceptors (Lipinski definition) is 7. The van der Waals surface area contributed by atoms with Crippen LogP contribution in [0.15, 0.2) is 0 Å². The highest BCUT2D eigenvalue weighted by atomic mass is 32.1. The summed E-state index contributed by atoms with van der Waals surface area (Å²) >= 11 is 1.25. The number of likely N-dealkylation sites (N-methyl/N-ethyl adjacent to an activating group) is 1. The lowest BCUT2D eigenvalue weighted by Crippen LogP contribution is -2.29. The van der Waals surface area contributed by atoms with Crippen molar-refractivity contribution in [3.05, 3.63) is 4.88 Å². The van der Waals surface area contributed by atoms with E-state index in [2.05, 4.69) is 10.3 Å². The molecule has 0 aliphatic carbocycles. The van der Waals surface area contributed by atoms with Crippen molar-refractivity contribution in [2.45, 2.75) is 0 Å². The quantitative estimate of drug-likeness (QED) is 0.677. The Morgan fingerprint density at radius 3 is 2.74 bits per heavy atom. The summed E-state index contributed by atoms with van der Waals surface area (Å²) in [6.07, 6.45) is 0. The average molecular weight is 288 g/mol. The zero-order chi connectivity index (χ0) is 14.3. The van der Waals surface area contributed by atoms with Gasteiger partial charge in [-0.2, -0.15) is 0 Å². The molecule has 0 radical (unpaired) electrons. The summed E-state index contributed by atoms with van der Waals surface area (Å²) in [7, 11) is 4.92. The van der Waals surface area contributed by atoms with Gasteiger partial charge in [-0.05, 0) is 0 Å². The maximum atomic E-state index is 12.1. The molecule has 0 spiro atoms. The molecule has 1 aromatic heterocycles. The SMILES string of the molecule is COCCNc1nc(N)c(C(=O)N(C)CCOC)s1. The first-order chi connectivity index (χ1) is 9.10. The van der Waals surface area contributed by atoms with E-state index in [1.165, 1.54) is 11.3 Å². The van der Waals surface area contributed by atoms with Gasteiger partial charge >= 0.3 is 0 Å². The molecule has 7 nitrogen and oxygen atoms in total. The largest absolute Gasteiger partial charge is 0.383 e. The number of amides is 1. The van der Waals surface area contributed by atoms with Crippen LogP contribution in [-0.2, 0) is 9.47 Å². The van der Waals surface area contributed by atoms with E-state index in [0.717, 1.165) is 0 Å². The number of carbonyl (C=O) groups is 1. The van der Waals surface area contributed by atoms with Crippen molar-refractivity contribution in [1.82, 2.24) is 9.88 Å². The van der Waals surface area contributed by atoms with Gasteiger partial charge in [0.05, 0.1) is 13.2 Å². The van der Waals surface area contributed by atoms with Gasteiger partial charge in [0.2, 0.25) is 0 Å². The Kier molecular flexibility index (Phi) is 6.54. The fraction of sp³-hybridized carbons (Fsp3) is 0.636. The van der Waals surface area contributed by atoms with Crippen LogP contribution in [0.2, 0.25) is 0 Å². The molecule has 3 N–H and O–H groups in total. The third-order valence-electron chi connectivity index (χ3n) is 2.41. The molecule has 1 rings (SSSR count). The summed E-state index contributed by atoms with van der Waals surface area (Å²) in [6.45, 7) is 2.19. The summed E-state index contributed by atoms with van der Waals surface area (Å²) in [6, 6.07) is 0. The van der Waals surface area contributed by atoms with Gasteiger partial charge in [0.15, 0.2) is 5.13 Å². The molecule has 0 aliphatic rings. The zero-order valence-electron chi connectivity index (χ0n) is 11.4. The standard InChI is InChI=1S/C11H20N4O3S/c1-15(5-7-18-3)10(16)8-9(12)14-11(19-8)13-4-6-17-2/h4-7,12H2,1-3H3,(H,13,14). The molecule has 108 valence electrons. The van der Waals surface area contributed by atoms with Gasteiger partial charge in [-0.15, -0.1) is 0 Å². The second kappa shape index (κ2) is 7.93. The number of thiazole rings is 1. The highest BCUT2D eigenvalue weighted by Gasteiger charge is 2.19. The van der Waals surface area contributed by atoms with Crippen molar-refractivity contribution in [3.8, 4) is 0 Å². The van der Waals surface area contributed by atoms with Gasteiger partial charge in [-0.25, -0.2) is 4.98 Å². The lowest BCUT2D eigenvalue weighted by atomic mass is 10.4. The Morgan fingerprint density at radius 2 is 2.11 bits per heavy atom. The number of nitrogens with two attached hydrogens (primary N) is 1. The molecule has 0 aromatic carbocycles. The van der Waals surface area contributed by atoms with Crippen LogP contribution in [-0.4, -0.2) is 63.4 Å². The second-order valence-electron chi connectivity index (χ2n) is 3.87. The van der Waals surface area contributed by atoms with Gasteiger partial charge in [-0.1, -0.05) is 11.3 Å². The Bertz CT molecular complexity index is 411. The molecule has 0 aliphatic heterocycles. The van der Waals surface area contributed by atoms with E-state index in [4.69, 9.17) is 15.2 Å². The first kappa shape index (κ1) is 15.7. The number of methoxy groups -OCH3 is 2. The minimum absolute atomic E-state index is 0.146. The molecular formula is C11H20N4O3S. The van der Waals surface area contributed by atoms with E-state index in [9.17, 15) is 4.79 Å². The summed E-state index contributed by atoms with van der Waals surface area (Å²) in [4.78, 5) is 18.2. The number of nitrogen functional groups attached to an aromatic ring is 1. The highest BCUT2D eigenvalue weighted by Crippen LogP contribution is 2.25. The predicted molar refractivity (Wildman–Crippen MR) is 75.7 cm³/mol. The number of nitrogens with one attached hydrogen (secondary N) is 1. The second-order valence-corrected chi connectivity index (χ2v) is 4.87. The van der Waals surface area contributed by atoms with Gasteiger partial charge in [-0.3, -0.25) is 4.79 Å². The predicted octanol–water partition coefficient (Wildman–Crippen LogP) is 0.502. The Hall–Kier alpha value is -1.38. The smallest absolute Gasteiger partial charge is 0.267 e. The number of aromatic nitrogens is 1. The summed E-state index contributed by atoms with van der Waals surface area (Å²) in [5.41, 5.74) is 5.76. The van der Waals surface area contributed by atoms with Crippen LogP contribution in [0.4, 0.5) is 10.9 Å². The van der Waals surface area contributed by atoms with Crippen LogP contribution in [0, 0.1) is 0 Å². The van der Waals surface area contributed by atoms with E-state index in [-0.39, 0.29) is 11.7 Å². The van der Waals surface area contributed by atoms with E-state index in [0.29, 0.717) is 36.3 Å². The van der Waals surface area contributed by atoms with Crippen LogP contribution in [0.1, 0.15) is 9.67 Å². The Labute approximate surface area is 116 Å². The van der Waals surface area contributed by atoms with Gasteiger partial charge in [0.25, 0.3) is 5.91 Å². The van der Waals surface area contributed by atoms with Crippen molar-refractivity contribution < 1.29 is 14.3 Å². The molecule has 0 bridgehead atoms. The third-order valence-corrected chi connectivity index (χ3v) is 3.42. The average Bonchev–Trinajstić information content (AvgIpc) is 2.76. The molecule has 0 fully saturated rings. The molecule has 0 unspecified atom stereocenters. The molecule has 0 atom stereocenters. The minimum atomic E-state index is -0.146. The van der Waals surface area contributed by atoms with Crippen molar-refractivity contribution in [2.75, 3.05) is 58.6 Å². The monoisotopic (exact) mass is 288 g/mol. The Morgan fingerprint density at radius 1 is 1.42 bits per heavy atom. The molecule has 1 amide bonds. The molecule has 0 saturated carbocycles. The fourth-order valence-electron chi connectivity index (χ4n) is 1.32. The van der Waals surface area contributed by atoms with E-state index in [1.54, 1.807) is 26.2 Å². The number of ether oxygens (including phenoxy) is 2. The maximum Gasteiger partial charge on any atom is 0.267 e. The van der Waals surface area contributed by atoms with Gasteiger partial charge < -0.3 is 25.4 Å². The normalized spacial score (nSPS) is 10.5.